The highest BCUT2D eigenvalue weighted by Gasteiger charge is 2.29. The monoisotopic (exact) mass is 448 g/mol. The average molecular weight is 449 g/mol. The van der Waals surface area contributed by atoms with E-state index in [2.05, 4.69) is 26.1 Å². The lowest BCUT2D eigenvalue weighted by Gasteiger charge is -2.30. The topological polar surface area (TPSA) is 66.5 Å². The Morgan fingerprint density at radius 1 is 0.938 bits per heavy atom. The van der Waals surface area contributed by atoms with Crippen molar-refractivity contribution in [2.75, 3.05) is 16.2 Å². The molecule has 3 aromatic carbocycles. The summed E-state index contributed by atoms with van der Waals surface area (Å²) in [6.45, 7) is 6.82. The van der Waals surface area contributed by atoms with Gasteiger partial charge in [0.1, 0.15) is 0 Å². The third kappa shape index (κ3) is 4.41. The molecule has 0 aliphatic carbocycles. The first-order valence-corrected chi connectivity index (χ1v) is 12.2. The Hall–Kier alpha value is -3.12. The molecule has 0 fully saturated rings. The van der Waals surface area contributed by atoms with Gasteiger partial charge < -0.3 is 5.32 Å². The molecule has 1 amide bonds. The number of hydrogen-bond donors (Lipinski definition) is 1. The second-order valence-electron chi connectivity index (χ2n) is 9.12. The first-order chi connectivity index (χ1) is 15.2. The van der Waals surface area contributed by atoms with Crippen LogP contribution in [0.1, 0.15) is 48.7 Å². The minimum atomic E-state index is -3.77. The number of nitrogens with one attached hydrogen (secondary N) is 1. The lowest BCUT2D eigenvalue weighted by molar-refractivity contribution is 0.102. The lowest BCUT2D eigenvalue weighted by Crippen LogP contribution is -2.35. The van der Waals surface area contributed by atoms with Crippen LogP contribution in [0.15, 0.2) is 77.7 Å². The van der Waals surface area contributed by atoms with Crippen molar-refractivity contribution in [3.63, 3.8) is 0 Å². The molecule has 1 aliphatic heterocycles. The van der Waals surface area contributed by atoms with Crippen LogP contribution in [0.25, 0.3) is 0 Å². The molecule has 5 nitrogen and oxygen atoms in total. The fourth-order valence-electron chi connectivity index (χ4n) is 3.93. The van der Waals surface area contributed by atoms with E-state index in [9.17, 15) is 13.2 Å². The number of carbonyl (C=O) groups is 1. The highest BCUT2D eigenvalue weighted by molar-refractivity contribution is 7.92. The smallest absolute Gasteiger partial charge is 0.264 e. The highest BCUT2D eigenvalue weighted by atomic mass is 32.2. The highest BCUT2D eigenvalue weighted by Crippen LogP contribution is 2.32. The summed E-state index contributed by atoms with van der Waals surface area (Å²) in [6, 6.07) is 21.5. The average Bonchev–Trinajstić information content (AvgIpc) is 2.78. The Morgan fingerprint density at radius 3 is 2.38 bits per heavy atom. The van der Waals surface area contributed by atoms with E-state index >= 15 is 0 Å². The summed E-state index contributed by atoms with van der Waals surface area (Å²) in [5.74, 6) is -0.343. The zero-order valence-electron chi connectivity index (χ0n) is 18.6. The summed E-state index contributed by atoms with van der Waals surface area (Å²) in [5.41, 5.74) is 3.91. The van der Waals surface area contributed by atoms with Gasteiger partial charge in [-0.3, -0.25) is 9.10 Å². The van der Waals surface area contributed by atoms with Gasteiger partial charge in [0.2, 0.25) is 0 Å². The predicted octanol–water partition coefficient (Wildman–Crippen LogP) is 5.38. The standard InChI is InChI=1S/C26H28N2O3S/c1-26(2,3)21-13-15-22(16-14-21)27-25(29)20-9-6-11-23(18-20)32(30,31)28-17-7-10-19-8-4-5-12-24(19)28/h4-6,8-9,11-16,18H,7,10,17H2,1-3H3,(H,27,29). The van der Waals surface area contributed by atoms with Crippen molar-refractivity contribution in [3.05, 3.63) is 89.5 Å². The zero-order chi connectivity index (χ0) is 22.9. The van der Waals surface area contributed by atoms with Crippen molar-refractivity contribution >= 4 is 27.3 Å². The molecular formula is C26H28N2O3S. The van der Waals surface area contributed by atoms with Crippen LogP contribution in [0.4, 0.5) is 11.4 Å². The number of rotatable bonds is 4. The van der Waals surface area contributed by atoms with Crippen LogP contribution in [0.5, 0.6) is 0 Å². The van der Waals surface area contributed by atoms with Crippen molar-refractivity contribution in [3.8, 4) is 0 Å². The van der Waals surface area contributed by atoms with Crippen LogP contribution < -0.4 is 9.62 Å². The van der Waals surface area contributed by atoms with Gasteiger partial charge in [0, 0.05) is 17.8 Å². The lowest BCUT2D eigenvalue weighted by atomic mass is 9.87. The molecular weight excluding hydrogens is 420 g/mol. The molecule has 4 rings (SSSR count). The molecule has 0 bridgehead atoms. The Balaban J connectivity index is 1.58. The molecule has 1 aliphatic rings. The van der Waals surface area contributed by atoms with Gasteiger partial charge in [0.25, 0.3) is 15.9 Å². The number of aryl methyl sites for hydroxylation is 1. The van der Waals surface area contributed by atoms with Crippen LogP contribution in [0.3, 0.4) is 0 Å². The molecule has 32 heavy (non-hydrogen) atoms. The third-order valence-electron chi connectivity index (χ3n) is 5.76. The number of fused-ring (bicyclic) bond motifs is 1. The van der Waals surface area contributed by atoms with E-state index in [0.29, 0.717) is 23.5 Å². The van der Waals surface area contributed by atoms with Crippen LogP contribution in [-0.4, -0.2) is 20.9 Å². The van der Waals surface area contributed by atoms with Crippen molar-refractivity contribution in [2.24, 2.45) is 0 Å². The number of hydrogen-bond acceptors (Lipinski definition) is 3. The summed E-state index contributed by atoms with van der Waals surface area (Å²) in [6.07, 6.45) is 1.62. The van der Waals surface area contributed by atoms with Gasteiger partial charge in [-0.1, -0.05) is 57.2 Å². The van der Waals surface area contributed by atoms with E-state index < -0.39 is 10.0 Å². The number of sulfonamides is 1. The molecule has 0 radical (unpaired) electrons. The SMILES string of the molecule is CC(C)(C)c1ccc(NC(=O)c2cccc(S(=O)(=O)N3CCCc4ccccc43)c2)cc1. The maximum Gasteiger partial charge on any atom is 0.264 e. The molecule has 0 unspecified atom stereocenters. The zero-order valence-corrected chi connectivity index (χ0v) is 19.4. The molecule has 0 aromatic heterocycles. The van der Waals surface area contributed by atoms with E-state index in [1.165, 1.54) is 15.9 Å². The van der Waals surface area contributed by atoms with Crippen LogP contribution in [-0.2, 0) is 21.9 Å². The van der Waals surface area contributed by atoms with Gasteiger partial charge in [-0.15, -0.1) is 0 Å². The number of benzene rings is 3. The van der Waals surface area contributed by atoms with E-state index in [-0.39, 0.29) is 16.2 Å². The van der Waals surface area contributed by atoms with Gasteiger partial charge in [0.15, 0.2) is 0 Å². The van der Waals surface area contributed by atoms with Gasteiger partial charge in [-0.05, 0) is 65.8 Å². The molecule has 0 saturated heterocycles. The number of nitrogens with zero attached hydrogens (tertiary/aromatic N) is 1. The maximum atomic E-state index is 13.4. The van der Waals surface area contributed by atoms with Crippen LogP contribution in [0.2, 0.25) is 0 Å². The maximum absolute atomic E-state index is 13.4. The predicted molar refractivity (Wildman–Crippen MR) is 129 cm³/mol. The second-order valence-corrected chi connectivity index (χ2v) is 11.0. The Morgan fingerprint density at radius 2 is 1.66 bits per heavy atom. The van der Waals surface area contributed by atoms with Gasteiger partial charge >= 0.3 is 0 Å². The first kappa shape index (κ1) is 22.1. The summed E-state index contributed by atoms with van der Waals surface area (Å²) in [7, 11) is -3.77. The molecule has 166 valence electrons. The minimum Gasteiger partial charge on any atom is -0.322 e. The summed E-state index contributed by atoms with van der Waals surface area (Å²) in [5, 5.41) is 2.86. The van der Waals surface area contributed by atoms with E-state index in [0.717, 1.165) is 18.4 Å². The van der Waals surface area contributed by atoms with Gasteiger partial charge in [-0.2, -0.15) is 0 Å². The first-order valence-electron chi connectivity index (χ1n) is 10.8. The molecule has 0 spiro atoms. The number of para-hydroxylation sites is 1. The van der Waals surface area contributed by atoms with Gasteiger partial charge in [0.05, 0.1) is 10.6 Å². The molecule has 3 aromatic rings. The summed E-state index contributed by atoms with van der Waals surface area (Å²) < 4.78 is 28.3. The Kier molecular flexibility index (Phi) is 5.82. The normalized spacial score (nSPS) is 14.0. The Bertz CT molecular complexity index is 1240. The quantitative estimate of drug-likeness (QED) is 0.583. The third-order valence-corrected chi connectivity index (χ3v) is 7.57. The molecule has 1 N–H and O–H groups in total. The van der Waals surface area contributed by atoms with Crippen molar-refractivity contribution in [1.29, 1.82) is 0 Å². The van der Waals surface area contributed by atoms with Gasteiger partial charge in [-0.25, -0.2) is 8.42 Å². The van der Waals surface area contributed by atoms with Crippen molar-refractivity contribution < 1.29 is 13.2 Å². The van der Waals surface area contributed by atoms with Crippen LogP contribution in [0, 0.1) is 0 Å². The summed E-state index contributed by atoms with van der Waals surface area (Å²) >= 11 is 0. The fraction of sp³-hybridized carbons (Fsp3) is 0.269. The number of anilines is 2. The molecule has 6 heteroatoms. The van der Waals surface area contributed by atoms with Crippen LogP contribution >= 0.6 is 0 Å². The second kappa shape index (κ2) is 8.43. The Labute approximate surface area is 190 Å². The van der Waals surface area contributed by atoms with E-state index in [1.807, 2.05) is 48.5 Å². The van der Waals surface area contributed by atoms with E-state index in [1.54, 1.807) is 18.2 Å². The molecule has 0 saturated carbocycles. The summed E-state index contributed by atoms with van der Waals surface area (Å²) in [4.78, 5) is 12.9. The number of carbonyl (C=O) groups excluding carboxylic acids is 1. The minimum absolute atomic E-state index is 0.0261. The largest absolute Gasteiger partial charge is 0.322 e. The van der Waals surface area contributed by atoms with Crippen molar-refractivity contribution in [1.82, 2.24) is 0 Å². The fourth-order valence-corrected chi connectivity index (χ4v) is 5.52. The molecule has 1 heterocycles. The van der Waals surface area contributed by atoms with E-state index in [4.69, 9.17) is 0 Å². The number of amides is 1. The van der Waals surface area contributed by atoms with Crippen molar-refractivity contribution in [2.45, 2.75) is 43.9 Å². The molecule has 0 atom stereocenters.